The predicted molar refractivity (Wildman–Crippen MR) is 122 cm³/mol. The fourth-order valence-electron chi connectivity index (χ4n) is 4.06. The van der Waals surface area contributed by atoms with Crippen molar-refractivity contribution in [3.05, 3.63) is 47.9 Å². The van der Waals surface area contributed by atoms with Crippen molar-refractivity contribution < 1.29 is 32.3 Å². The van der Waals surface area contributed by atoms with Crippen LogP contribution < -0.4 is 20.5 Å². The Hall–Kier alpha value is -3.67. The van der Waals surface area contributed by atoms with Crippen LogP contribution in [-0.4, -0.2) is 61.7 Å². The molecular weight excluding hydrogens is 464 g/mol. The van der Waals surface area contributed by atoms with E-state index >= 15 is 8.78 Å². The molecular formula is C23H27F2N5O5. The molecule has 4 rings (SSSR count). The number of carbonyl (C=O) groups excluding carboxylic acids is 3. The monoisotopic (exact) mass is 491 g/mol. The molecule has 0 spiro atoms. The third-order valence-electron chi connectivity index (χ3n) is 5.84. The van der Waals surface area contributed by atoms with Crippen LogP contribution in [0.4, 0.5) is 29.7 Å². The molecule has 2 N–H and O–H groups in total. The maximum absolute atomic E-state index is 15.1. The number of urea groups is 1. The number of hydrogen-bond acceptors (Lipinski definition) is 7. The average molecular weight is 491 g/mol. The number of hydrogen-bond donors (Lipinski definition) is 2. The number of halogens is 2. The molecule has 0 radical (unpaired) electrons. The van der Waals surface area contributed by atoms with Gasteiger partial charge in [0.1, 0.15) is 23.3 Å². The lowest BCUT2D eigenvalue weighted by atomic mass is 10.1. The third-order valence-corrected chi connectivity index (χ3v) is 5.84. The van der Waals surface area contributed by atoms with Gasteiger partial charge < -0.3 is 24.2 Å². The van der Waals surface area contributed by atoms with Crippen molar-refractivity contribution in [3.63, 3.8) is 0 Å². The van der Waals surface area contributed by atoms with Gasteiger partial charge in [-0.2, -0.15) is 0 Å². The molecule has 0 aliphatic carbocycles. The minimum absolute atomic E-state index is 0.0264. The molecule has 0 unspecified atom stereocenters. The predicted octanol–water partition coefficient (Wildman–Crippen LogP) is 2.79. The topological polar surface area (TPSA) is 107 Å². The van der Waals surface area contributed by atoms with Crippen molar-refractivity contribution in [1.29, 1.82) is 0 Å². The fourth-order valence-corrected chi connectivity index (χ4v) is 4.06. The summed E-state index contributed by atoms with van der Waals surface area (Å²) in [6, 6.07) is 5.27. The van der Waals surface area contributed by atoms with E-state index in [1.54, 1.807) is 12.1 Å². The quantitative estimate of drug-likeness (QED) is 0.613. The molecule has 10 nitrogen and oxygen atoms in total. The first-order valence-electron chi connectivity index (χ1n) is 11.3. The molecule has 2 aromatic rings. The summed E-state index contributed by atoms with van der Waals surface area (Å²) in [5.41, 5.74) is 2.77. The van der Waals surface area contributed by atoms with Crippen molar-refractivity contribution in [2.75, 3.05) is 42.5 Å². The first kappa shape index (κ1) is 24.5. The maximum atomic E-state index is 15.1. The van der Waals surface area contributed by atoms with Crippen LogP contribution in [0.3, 0.4) is 0 Å². The summed E-state index contributed by atoms with van der Waals surface area (Å²) in [6.45, 7) is 2.68. The summed E-state index contributed by atoms with van der Waals surface area (Å²) < 4.78 is 40.5. The molecule has 3 heterocycles. The first-order valence-corrected chi connectivity index (χ1v) is 11.3. The standard InChI is InChI=1S/C23H27F2N5O5/c1-15(31)4-5-18-14-29(23(33)35-18)16-11-19(24)21(20(25)12-16)28-7-6-27-30(9-8-28)22(32)26-13-17-3-2-10-34-17/h2-3,10-12,18,27H,4-9,13-14H2,1H3,(H,26,32)/t18-/m0/s1. The van der Waals surface area contributed by atoms with Crippen molar-refractivity contribution in [2.24, 2.45) is 0 Å². The number of nitrogens with one attached hydrogen (secondary N) is 2. The Bertz CT molecular complexity index is 1060. The molecule has 2 aliphatic heterocycles. The van der Waals surface area contributed by atoms with Gasteiger partial charge in [0.15, 0.2) is 11.6 Å². The molecule has 0 bridgehead atoms. The van der Waals surface area contributed by atoms with E-state index in [9.17, 15) is 14.4 Å². The summed E-state index contributed by atoms with van der Waals surface area (Å²) in [5, 5.41) is 4.07. The highest BCUT2D eigenvalue weighted by Crippen LogP contribution is 2.31. The van der Waals surface area contributed by atoms with Crippen LogP contribution in [0.1, 0.15) is 25.5 Å². The largest absolute Gasteiger partial charge is 0.467 e. The Morgan fingerprint density at radius 3 is 2.66 bits per heavy atom. The van der Waals surface area contributed by atoms with E-state index in [0.717, 1.165) is 17.0 Å². The van der Waals surface area contributed by atoms with E-state index in [1.807, 2.05) is 0 Å². The smallest absolute Gasteiger partial charge is 0.414 e. The molecule has 12 heteroatoms. The zero-order valence-electron chi connectivity index (χ0n) is 19.3. The number of amides is 3. The van der Waals surface area contributed by atoms with Gasteiger partial charge in [-0.25, -0.2) is 23.8 Å². The van der Waals surface area contributed by atoms with E-state index in [2.05, 4.69) is 10.7 Å². The molecule has 0 saturated carbocycles. The number of rotatable bonds is 7. The molecule has 2 saturated heterocycles. The van der Waals surface area contributed by atoms with E-state index < -0.39 is 23.8 Å². The number of Topliss-reactive ketones (excluding diaryl/α,β-unsaturated/α-hetero) is 1. The number of anilines is 2. The summed E-state index contributed by atoms with van der Waals surface area (Å²) >= 11 is 0. The highest BCUT2D eigenvalue weighted by atomic mass is 19.1. The van der Waals surface area contributed by atoms with E-state index in [1.165, 1.54) is 23.1 Å². The van der Waals surface area contributed by atoms with Crippen LogP contribution in [-0.2, 0) is 16.1 Å². The number of ketones is 1. The second-order valence-corrected chi connectivity index (χ2v) is 8.40. The number of furan rings is 1. The lowest BCUT2D eigenvalue weighted by Gasteiger charge is -2.25. The SMILES string of the molecule is CC(=O)CC[C@H]1CN(c2cc(F)c(N3CCNN(C(=O)NCc4ccco4)CC3)c(F)c2)C(=O)O1. The molecule has 1 atom stereocenters. The van der Waals surface area contributed by atoms with Gasteiger partial charge in [-0.05, 0) is 25.5 Å². The lowest BCUT2D eigenvalue weighted by molar-refractivity contribution is -0.117. The number of cyclic esters (lactones) is 1. The molecule has 188 valence electrons. The van der Waals surface area contributed by atoms with Gasteiger partial charge in [-0.3, -0.25) is 9.91 Å². The van der Waals surface area contributed by atoms with Crippen LogP contribution in [0, 0.1) is 11.6 Å². The molecule has 3 amide bonds. The van der Waals surface area contributed by atoms with Gasteiger partial charge in [0.25, 0.3) is 0 Å². The molecule has 1 aromatic carbocycles. The van der Waals surface area contributed by atoms with E-state index in [-0.39, 0.29) is 68.9 Å². The summed E-state index contributed by atoms with van der Waals surface area (Å²) in [4.78, 5) is 38.5. The average Bonchev–Trinajstić information content (AvgIpc) is 3.39. The highest BCUT2D eigenvalue weighted by molar-refractivity contribution is 5.90. The van der Waals surface area contributed by atoms with Gasteiger partial charge >= 0.3 is 12.1 Å². The van der Waals surface area contributed by atoms with Gasteiger partial charge in [0, 0.05) is 38.2 Å². The normalized spacial score (nSPS) is 18.4. The van der Waals surface area contributed by atoms with E-state index in [0.29, 0.717) is 12.2 Å². The molecule has 2 fully saturated rings. The number of hydrazine groups is 1. The van der Waals surface area contributed by atoms with Crippen LogP contribution in [0.25, 0.3) is 0 Å². The Morgan fingerprint density at radius 2 is 1.97 bits per heavy atom. The maximum Gasteiger partial charge on any atom is 0.414 e. The van der Waals surface area contributed by atoms with Gasteiger partial charge in [0.05, 0.1) is 31.6 Å². The van der Waals surface area contributed by atoms with E-state index in [4.69, 9.17) is 9.15 Å². The number of carbonyl (C=O) groups is 3. The highest BCUT2D eigenvalue weighted by Gasteiger charge is 2.34. The van der Waals surface area contributed by atoms with Crippen molar-refractivity contribution >= 4 is 29.3 Å². The Labute approximate surface area is 200 Å². The minimum atomic E-state index is -0.823. The second kappa shape index (κ2) is 10.7. The second-order valence-electron chi connectivity index (χ2n) is 8.40. The van der Waals surface area contributed by atoms with Crippen LogP contribution in [0.2, 0.25) is 0 Å². The number of benzene rings is 1. The summed E-state index contributed by atoms with van der Waals surface area (Å²) in [5.74, 6) is -1.07. The van der Waals surface area contributed by atoms with Crippen LogP contribution in [0.15, 0.2) is 34.9 Å². The first-order chi connectivity index (χ1) is 16.8. The Balaban J connectivity index is 1.39. The van der Waals surface area contributed by atoms with Crippen LogP contribution >= 0.6 is 0 Å². The van der Waals surface area contributed by atoms with Gasteiger partial charge in [-0.15, -0.1) is 0 Å². The Kier molecular flexibility index (Phi) is 7.49. The molecule has 2 aliphatic rings. The lowest BCUT2D eigenvalue weighted by Crippen LogP contribution is -2.48. The third kappa shape index (κ3) is 5.88. The zero-order valence-corrected chi connectivity index (χ0v) is 19.3. The van der Waals surface area contributed by atoms with Crippen molar-refractivity contribution in [2.45, 2.75) is 32.4 Å². The number of nitrogens with zero attached hydrogens (tertiary/aromatic N) is 3. The van der Waals surface area contributed by atoms with Crippen molar-refractivity contribution in [1.82, 2.24) is 15.8 Å². The fraction of sp³-hybridized carbons (Fsp3) is 0.435. The molecule has 1 aromatic heterocycles. The number of ether oxygens (including phenoxy) is 1. The van der Waals surface area contributed by atoms with Gasteiger partial charge in [0.2, 0.25) is 0 Å². The zero-order chi connectivity index (χ0) is 24.9. The summed E-state index contributed by atoms with van der Waals surface area (Å²) in [7, 11) is 0. The Morgan fingerprint density at radius 1 is 1.20 bits per heavy atom. The minimum Gasteiger partial charge on any atom is -0.467 e. The van der Waals surface area contributed by atoms with Gasteiger partial charge in [-0.1, -0.05) is 0 Å². The summed E-state index contributed by atoms with van der Waals surface area (Å²) in [6.07, 6.45) is 0.901. The van der Waals surface area contributed by atoms with Crippen LogP contribution in [0.5, 0.6) is 0 Å². The van der Waals surface area contributed by atoms with Crippen molar-refractivity contribution in [3.8, 4) is 0 Å². The molecule has 35 heavy (non-hydrogen) atoms.